The van der Waals surface area contributed by atoms with Crippen LogP contribution < -0.4 is 5.32 Å². The van der Waals surface area contributed by atoms with Crippen molar-refractivity contribution in [3.63, 3.8) is 0 Å². The van der Waals surface area contributed by atoms with Gasteiger partial charge in [-0.15, -0.1) is 0 Å². The number of ether oxygens (including phenoxy) is 1. The molecule has 0 aromatic heterocycles. The molecule has 0 fully saturated rings. The van der Waals surface area contributed by atoms with Crippen LogP contribution in [0.15, 0.2) is 46.9 Å². The van der Waals surface area contributed by atoms with Gasteiger partial charge >= 0.3 is 0 Å². The third-order valence-corrected chi connectivity index (χ3v) is 4.09. The SMILES string of the molecule is O=[N+]([O-])c1ccc(NC2COCc3ccccc32)cc1Br. The van der Waals surface area contributed by atoms with Gasteiger partial charge < -0.3 is 10.1 Å². The minimum atomic E-state index is -0.410. The third kappa shape index (κ3) is 2.91. The molecule has 0 bridgehead atoms. The smallest absolute Gasteiger partial charge is 0.283 e. The van der Waals surface area contributed by atoms with Gasteiger partial charge in [0.05, 0.1) is 28.7 Å². The molecule has 1 heterocycles. The van der Waals surface area contributed by atoms with Crippen LogP contribution in [0.5, 0.6) is 0 Å². The Morgan fingerprint density at radius 2 is 2.10 bits per heavy atom. The molecule has 1 aliphatic heterocycles. The molecular weight excluding hydrogens is 336 g/mol. The first-order valence-corrected chi connectivity index (χ1v) is 7.30. The molecule has 0 spiro atoms. The molecule has 1 aliphatic rings. The van der Waals surface area contributed by atoms with Crippen LogP contribution in [0, 0.1) is 10.1 Å². The van der Waals surface area contributed by atoms with Crippen LogP contribution in [0.25, 0.3) is 0 Å². The number of benzene rings is 2. The van der Waals surface area contributed by atoms with E-state index in [1.807, 2.05) is 12.1 Å². The summed E-state index contributed by atoms with van der Waals surface area (Å²) >= 11 is 3.23. The maximum atomic E-state index is 10.8. The van der Waals surface area contributed by atoms with Crippen LogP contribution >= 0.6 is 15.9 Å². The van der Waals surface area contributed by atoms with E-state index in [0.717, 1.165) is 5.69 Å². The molecular formula is C15H13BrN2O3. The summed E-state index contributed by atoms with van der Waals surface area (Å²) in [6, 6.07) is 13.1. The number of hydrogen-bond acceptors (Lipinski definition) is 4. The molecule has 1 atom stereocenters. The van der Waals surface area contributed by atoms with E-state index in [2.05, 4.69) is 33.4 Å². The predicted molar refractivity (Wildman–Crippen MR) is 83.3 cm³/mol. The summed E-state index contributed by atoms with van der Waals surface area (Å²) in [5.74, 6) is 0. The first-order valence-electron chi connectivity index (χ1n) is 6.51. The molecule has 0 amide bonds. The van der Waals surface area contributed by atoms with Gasteiger partial charge in [0.1, 0.15) is 0 Å². The molecule has 1 N–H and O–H groups in total. The van der Waals surface area contributed by atoms with Gasteiger partial charge in [-0.3, -0.25) is 10.1 Å². The van der Waals surface area contributed by atoms with E-state index in [-0.39, 0.29) is 11.7 Å². The molecule has 5 nitrogen and oxygen atoms in total. The summed E-state index contributed by atoms with van der Waals surface area (Å²) < 4.78 is 6.05. The summed E-state index contributed by atoms with van der Waals surface area (Å²) in [6.45, 7) is 1.20. The average molecular weight is 349 g/mol. The van der Waals surface area contributed by atoms with Gasteiger partial charge in [0.15, 0.2) is 0 Å². The zero-order valence-corrected chi connectivity index (χ0v) is 12.7. The second kappa shape index (κ2) is 5.83. The Bertz CT molecular complexity index is 690. The summed E-state index contributed by atoms with van der Waals surface area (Å²) in [6.07, 6.45) is 0. The number of nitrogens with one attached hydrogen (secondary N) is 1. The zero-order valence-electron chi connectivity index (χ0n) is 11.1. The molecule has 2 aromatic rings. The molecule has 0 saturated carbocycles. The van der Waals surface area contributed by atoms with Crippen LogP contribution in [0.2, 0.25) is 0 Å². The summed E-state index contributed by atoms with van der Waals surface area (Å²) in [7, 11) is 0. The lowest BCUT2D eigenvalue weighted by atomic mass is 9.99. The largest absolute Gasteiger partial charge is 0.376 e. The van der Waals surface area contributed by atoms with Gasteiger partial charge in [0, 0.05) is 11.8 Å². The highest BCUT2D eigenvalue weighted by Gasteiger charge is 2.21. The van der Waals surface area contributed by atoms with Crippen LogP contribution in [-0.4, -0.2) is 11.5 Å². The van der Waals surface area contributed by atoms with E-state index in [1.165, 1.54) is 17.2 Å². The molecule has 108 valence electrons. The maximum Gasteiger partial charge on any atom is 0.283 e. The molecule has 3 rings (SSSR count). The second-order valence-electron chi connectivity index (χ2n) is 4.83. The summed E-state index contributed by atoms with van der Waals surface area (Å²) in [5, 5.41) is 14.2. The van der Waals surface area contributed by atoms with Crippen molar-refractivity contribution in [3.05, 3.63) is 68.2 Å². The van der Waals surface area contributed by atoms with E-state index in [9.17, 15) is 10.1 Å². The lowest BCUT2D eigenvalue weighted by molar-refractivity contribution is -0.385. The summed E-state index contributed by atoms with van der Waals surface area (Å²) in [4.78, 5) is 10.4. The number of nitro benzene ring substituents is 1. The quantitative estimate of drug-likeness (QED) is 0.671. The third-order valence-electron chi connectivity index (χ3n) is 3.46. The van der Waals surface area contributed by atoms with Crippen LogP contribution in [0.3, 0.4) is 0 Å². The highest BCUT2D eigenvalue weighted by Crippen LogP contribution is 2.31. The van der Waals surface area contributed by atoms with Crippen molar-refractivity contribution in [2.75, 3.05) is 11.9 Å². The fraction of sp³-hybridized carbons (Fsp3) is 0.200. The first kappa shape index (κ1) is 14.0. The number of nitrogens with zero attached hydrogens (tertiary/aromatic N) is 1. The minimum Gasteiger partial charge on any atom is -0.376 e. The lowest BCUT2D eigenvalue weighted by Gasteiger charge is -2.27. The fourth-order valence-electron chi connectivity index (χ4n) is 2.45. The van der Waals surface area contributed by atoms with E-state index >= 15 is 0 Å². The Morgan fingerprint density at radius 3 is 2.86 bits per heavy atom. The van der Waals surface area contributed by atoms with Gasteiger partial charge in [-0.2, -0.15) is 0 Å². The van der Waals surface area contributed by atoms with Crippen LogP contribution in [0.1, 0.15) is 17.2 Å². The second-order valence-corrected chi connectivity index (χ2v) is 5.69. The van der Waals surface area contributed by atoms with E-state index in [4.69, 9.17) is 4.74 Å². The van der Waals surface area contributed by atoms with Crippen molar-refractivity contribution in [1.82, 2.24) is 0 Å². The van der Waals surface area contributed by atoms with Gasteiger partial charge in [0.2, 0.25) is 0 Å². The van der Waals surface area contributed by atoms with E-state index in [1.54, 1.807) is 12.1 Å². The van der Waals surface area contributed by atoms with Crippen molar-refractivity contribution >= 4 is 27.3 Å². The number of fused-ring (bicyclic) bond motifs is 1. The lowest BCUT2D eigenvalue weighted by Crippen LogP contribution is -2.23. The molecule has 0 radical (unpaired) electrons. The van der Waals surface area contributed by atoms with Gasteiger partial charge in [0.25, 0.3) is 5.69 Å². The number of anilines is 1. The molecule has 6 heteroatoms. The molecule has 1 unspecified atom stereocenters. The Hall–Kier alpha value is -1.92. The number of rotatable bonds is 3. The monoisotopic (exact) mass is 348 g/mol. The molecule has 0 aliphatic carbocycles. The Kier molecular flexibility index (Phi) is 3.90. The number of hydrogen-bond donors (Lipinski definition) is 1. The molecule has 21 heavy (non-hydrogen) atoms. The van der Waals surface area contributed by atoms with Crippen molar-refractivity contribution in [2.24, 2.45) is 0 Å². The topological polar surface area (TPSA) is 64.4 Å². The van der Waals surface area contributed by atoms with Crippen molar-refractivity contribution in [2.45, 2.75) is 12.6 Å². The van der Waals surface area contributed by atoms with E-state index < -0.39 is 4.92 Å². The highest BCUT2D eigenvalue weighted by molar-refractivity contribution is 9.10. The Balaban J connectivity index is 1.85. The van der Waals surface area contributed by atoms with Crippen molar-refractivity contribution in [1.29, 1.82) is 0 Å². The number of nitro groups is 1. The first-order chi connectivity index (χ1) is 10.1. The van der Waals surface area contributed by atoms with Crippen molar-refractivity contribution < 1.29 is 9.66 Å². The maximum absolute atomic E-state index is 10.8. The normalized spacial score (nSPS) is 17.1. The van der Waals surface area contributed by atoms with Crippen LogP contribution in [0.4, 0.5) is 11.4 Å². The molecule has 2 aromatic carbocycles. The summed E-state index contributed by atoms with van der Waals surface area (Å²) in [5.41, 5.74) is 3.25. The fourth-order valence-corrected chi connectivity index (χ4v) is 2.97. The number of halogens is 1. The highest BCUT2D eigenvalue weighted by atomic mass is 79.9. The van der Waals surface area contributed by atoms with Crippen LogP contribution in [-0.2, 0) is 11.3 Å². The Morgan fingerprint density at radius 1 is 1.29 bits per heavy atom. The Labute approximate surface area is 130 Å². The van der Waals surface area contributed by atoms with Gasteiger partial charge in [-0.1, -0.05) is 24.3 Å². The zero-order chi connectivity index (χ0) is 14.8. The van der Waals surface area contributed by atoms with Gasteiger partial charge in [-0.25, -0.2) is 0 Å². The average Bonchev–Trinajstić information content (AvgIpc) is 2.47. The minimum absolute atomic E-state index is 0.0447. The van der Waals surface area contributed by atoms with E-state index in [0.29, 0.717) is 17.7 Å². The van der Waals surface area contributed by atoms with Gasteiger partial charge in [-0.05, 0) is 39.2 Å². The molecule has 0 saturated heterocycles. The standard InChI is InChI=1S/C15H13BrN2O3/c16-13-7-11(5-6-15(13)18(19)20)17-14-9-21-8-10-3-1-2-4-12(10)14/h1-7,14,17H,8-9H2. The predicted octanol–water partition coefficient (Wildman–Crippen LogP) is 4.04. The van der Waals surface area contributed by atoms with Crippen molar-refractivity contribution in [3.8, 4) is 0 Å².